The van der Waals surface area contributed by atoms with E-state index in [0.29, 0.717) is 0 Å². The molecule has 2 nitrogen and oxygen atoms in total. The van der Waals surface area contributed by atoms with E-state index in [2.05, 4.69) is 199 Å². The van der Waals surface area contributed by atoms with Gasteiger partial charge in [0.1, 0.15) is 5.60 Å². The molecule has 2 aliphatic carbocycles. The lowest BCUT2D eigenvalue weighted by molar-refractivity contribution is 0.149. The number of hydrogen-bond donors (Lipinski definition) is 1. The van der Waals surface area contributed by atoms with Crippen molar-refractivity contribution in [3.8, 4) is 16.9 Å². The molecule has 0 radical (unpaired) electrons. The zero-order valence-electron chi connectivity index (χ0n) is 27.4. The minimum absolute atomic E-state index is 0.636. The van der Waals surface area contributed by atoms with Crippen molar-refractivity contribution in [3.05, 3.63) is 233 Å². The maximum absolute atomic E-state index is 14.0. The van der Waals surface area contributed by atoms with E-state index in [1.165, 1.54) is 16.7 Å². The smallest absolute Gasteiger partial charge is 0.142 e. The van der Waals surface area contributed by atoms with Crippen LogP contribution >= 0.6 is 0 Å². The molecule has 0 amide bonds. The quantitative estimate of drug-likeness (QED) is 0.199. The number of benzene rings is 7. The van der Waals surface area contributed by atoms with Crippen LogP contribution in [0.5, 0.6) is 0 Å². The molecule has 8 aromatic rings. The first-order valence-electron chi connectivity index (χ1n) is 17.3. The average Bonchev–Trinajstić information content (AvgIpc) is 3.82. The first kappa shape index (κ1) is 28.8. The second-order valence-electron chi connectivity index (χ2n) is 13.3. The number of aromatic nitrogens is 1. The summed E-state index contributed by atoms with van der Waals surface area (Å²) < 4.78 is 2.33. The maximum Gasteiger partial charge on any atom is 0.142 e. The van der Waals surface area contributed by atoms with Gasteiger partial charge in [-0.2, -0.15) is 0 Å². The molecule has 2 heteroatoms. The molecule has 10 rings (SSSR count). The fourth-order valence-corrected chi connectivity index (χ4v) is 9.00. The SMILES string of the molecule is OC1(c2ccccc2-c2cc3ccccc3n2-c2ccccc2)C2=C(c3ccccc31)C(c1ccccc1)(c1ccccc1)c1ccccc12. The molecule has 7 aromatic carbocycles. The highest BCUT2D eigenvalue weighted by molar-refractivity contribution is 6.14. The van der Waals surface area contributed by atoms with E-state index in [1.54, 1.807) is 0 Å². The highest BCUT2D eigenvalue weighted by atomic mass is 16.3. The van der Waals surface area contributed by atoms with Gasteiger partial charge in [-0.1, -0.05) is 170 Å². The van der Waals surface area contributed by atoms with E-state index in [9.17, 15) is 5.11 Å². The number of para-hydroxylation sites is 2. The topological polar surface area (TPSA) is 25.2 Å². The van der Waals surface area contributed by atoms with Crippen molar-refractivity contribution >= 4 is 22.0 Å². The second-order valence-corrected chi connectivity index (χ2v) is 13.3. The zero-order valence-corrected chi connectivity index (χ0v) is 27.4. The molecule has 0 fully saturated rings. The van der Waals surface area contributed by atoms with E-state index < -0.39 is 11.0 Å². The van der Waals surface area contributed by atoms with Crippen molar-refractivity contribution in [2.45, 2.75) is 11.0 Å². The van der Waals surface area contributed by atoms with Gasteiger partial charge in [-0.25, -0.2) is 0 Å². The van der Waals surface area contributed by atoms with Crippen molar-refractivity contribution in [1.29, 1.82) is 0 Å². The van der Waals surface area contributed by atoms with Gasteiger partial charge < -0.3 is 9.67 Å². The third-order valence-corrected chi connectivity index (χ3v) is 10.9. The Hall–Kier alpha value is -6.22. The summed E-state index contributed by atoms with van der Waals surface area (Å²) in [7, 11) is 0. The molecule has 236 valence electrons. The van der Waals surface area contributed by atoms with Crippen molar-refractivity contribution < 1.29 is 5.11 Å². The van der Waals surface area contributed by atoms with Crippen LogP contribution in [0.1, 0.15) is 38.9 Å². The molecule has 0 saturated carbocycles. The first-order chi connectivity index (χ1) is 24.7. The Morgan fingerprint density at radius 2 is 0.860 bits per heavy atom. The number of nitrogens with zero attached hydrogens (tertiary/aromatic N) is 1. The second kappa shape index (κ2) is 10.9. The highest BCUT2D eigenvalue weighted by Gasteiger charge is 2.58. The van der Waals surface area contributed by atoms with Gasteiger partial charge >= 0.3 is 0 Å². The monoisotopic (exact) mass is 639 g/mol. The molecule has 1 aromatic heterocycles. The van der Waals surface area contributed by atoms with Crippen LogP contribution in [0, 0.1) is 0 Å². The fraction of sp³-hybridized carbons (Fsp3) is 0.0417. The summed E-state index contributed by atoms with van der Waals surface area (Å²) in [6, 6.07) is 68.7. The molecule has 0 saturated heterocycles. The van der Waals surface area contributed by atoms with Gasteiger partial charge in [0.2, 0.25) is 0 Å². The molecule has 0 bridgehead atoms. The van der Waals surface area contributed by atoms with Crippen LogP contribution < -0.4 is 0 Å². The van der Waals surface area contributed by atoms with Gasteiger partial charge in [-0.15, -0.1) is 0 Å². The number of aliphatic hydroxyl groups is 1. The molecule has 0 aliphatic heterocycles. The van der Waals surface area contributed by atoms with Crippen LogP contribution in [-0.4, -0.2) is 9.67 Å². The summed E-state index contributed by atoms with van der Waals surface area (Å²) in [6.07, 6.45) is 0. The van der Waals surface area contributed by atoms with E-state index in [0.717, 1.165) is 61.2 Å². The number of fused-ring (bicyclic) bond motifs is 5. The van der Waals surface area contributed by atoms with Crippen LogP contribution in [0.4, 0.5) is 0 Å². The number of allylic oxidation sites excluding steroid dienone is 1. The third-order valence-electron chi connectivity index (χ3n) is 10.9. The molecule has 1 heterocycles. The Kier molecular flexibility index (Phi) is 6.27. The van der Waals surface area contributed by atoms with Gasteiger partial charge in [0, 0.05) is 33.3 Å². The Labute approximate surface area is 291 Å². The number of hydrogen-bond acceptors (Lipinski definition) is 1. The first-order valence-corrected chi connectivity index (χ1v) is 17.3. The average molecular weight is 640 g/mol. The Balaban J connectivity index is 1.34. The number of rotatable bonds is 5. The van der Waals surface area contributed by atoms with E-state index in [1.807, 2.05) is 0 Å². The minimum atomic E-state index is -1.44. The summed E-state index contributed by atoms with van der Waals surface area (Å²) in [5.41, 5.74) is 11.7. The highest BCUT2D eigenvalue weighted by Crippen LogP contribution is 2.67. The van der Waals surface area contributed by atoms with E-state index in [-0.39, 0.29) is 0 Å². The molecule has 2 aliphatic rings. The molecular formula is C48H33NO. The van der Waals surface area contributed by atoms with Gasteiger partial charge in [0.15, 0.2) is 0 Å². The Bertz CT molecular complexity index is 2560. The molecular weight excluding hydrogens is 607 g/mol. The van der Waals surface area contributed by atoms with Crippen LogP contribution in [-0.2, 0) is 11.0 Å². The lowest BCUT2D eigenvalue weighted by Crippen LogP contribution is -2.30. The van der Waals surface area contributed by atoms with Crippen molar-refractivity contribution in [2.24, 2.45) is 0 Å². The van der Waals surface area contributed by atoms with Crippen molar-refractivity contribution in [1.82, 2.24) is 4.57 Å². The summed E-state index contributed by atoms with van der Waals surface area (Å²) in [5.74, 6) is 0. The van der Waals surface area contributed by atoms with Gasteiger partial charge in [-0.05, 0) is 57.7 Å². The van der Waals surface area contributed by atoms with Crippen LogP contribution in [0.3, 0.4) is 0 Å². The van der Waals surface area contributed by atoms with Gasteiger partial charge in [0.05, 0.1) is 16.6 Å². The predicted octanol–water partition coefficient (Wildman–Crippen LogP) is 10.8. The summed E-state index contributed by atoms with van der Waals surface area (Å²) in [4.78, 5) is 0. The molecule has 1 atom stereocenters. The standard InChI is InChI=1S/C48H33NO/c50-48(41-29-15-11-25-37(41)44-32-33-18-10-17-31-43(33)49(44)36-23-8-3-9-24-36)42-30-16-13-27-39(42)45-46(48)38-26-12-14-28-40(38)47(45,34-19-4-1-5-20-34)35-21-6-2-7-22-35/h1-32,50H. The van der Waals surface area contributed by atoms with Gasteiger partial charge in [0.25, 0.3) is 0 Å². The minimum Gasteiger partial charge on any atom is -0.376 e. The Morgan fingerprint density at radius 1 is 0.400 bits per heavy atom. The third kappa shape index (κ3) is 3.77. The van der Waals surface area contributed by atoms with E-state index in [4.69, 9.17) is 0 Å². The van der Waals surface area contributed by atoms with Gasteiger partial charge in [-0.3, -0.25) is 0 Å². The van der Waals surface area contributed by atoms with Crippen LogP contribution in [0.25, 0.3) is 39.0 Å². The summed E-state index contributed by atoms with van der Waals surface area (Å²) >= 11 is 0. The van der Waals surface area contributed by atoms with Crippen LogP contribution in [0.15, 0.2) is 194 Å². The summed E-state index contributed by atoms with van der Waals surface area (Å²) in [5, 5.41) is 15.1. The Morgan fingerprint density at radius 3 is 1.50 bits per heavy atom. The largest absolute Gasteiger partial charge is 0.376 e. The van der Waals surface area contributed by atoms with Crippen molar-refractivity contribution in [3.63, 3.8) is 0 Å². The summed E-state index contributed by atoms with van der Waals surface area (Å²) in [6.45, 7) is 0. The normalized spacial score (nSPS) is 17.1. The molecule has 1 unspecified atom stereocenters. The van der Waals surface area contributed by atoms with E-state index >= 15 is 0 Å². The molecule has 0 spiro atoms. The van der Waals surface area contributed by atoms with Crippen molar-refractivity contribution in [2.75, 3.05) is 0 Å². The lowest BCUT2D eigenvalue weighted by Gasteiger charge is -2.36. The molecule has 1 N–H and O–H groups in total. The fourth-order valence-electron chi connectivity index (χ4n) is 9.00. The predicted molar refractivity (Wildman–Crippen MR) is 204 cm³/mol. The lowest BCUT2D eigenvalue weighted by atomic mass is 9.65. The zero-order chi connectivity index (χ0) is 33.3. The van der Waals surface area contributed by atoms with Crippen LogP contribution in [0.2, 0.25) is 0 Å². The maximum atomic E-state index is 14.0. The molecule has 50 heavy (non-hydrogen) atoms.